The molecule has 0 atom stereocenters. The van der Waals surface area contributed by atoms with Gasteiger partial charge in [0.25, 0.3) is 5.91 Å². The first-order valence-corrected chi connectivity index (χ1v) is 7.64. The van der Waals surface area contributed by atoms with Crippen LogP contribution in [0.4, 0.5) is 17.6 Å². The normalized spacial score (nSPS) is 13.9. The van der Waals surface area contributed by atoms with Crippen LogP contribution in [0.2, 0.25) is 0 Å². The Morgan fingerprint density at radius 3 is 2.40 bits per heavy atom. The minimum absolute atomic E-state index is 0.00665. The lowest BCUT2D eigenvalue weighted by atomic mass is 10.0. The summed E-state index contributed by atoms with van der Waals surface area (Å²) in [6.45, 7) is 2.52. The van der Waals surface area contributed by atoms with E-state index in [1.165, 1.54) is 6.07 Å². The molecule has 1 aromatic heterocycles. The summed E-state index contributed by atoms with van der Waals surface area (Å²) < 4.78 is 56.4. The Morgan fingerprint density at radius 1 is 1.04 bits per heavy atom. The molecule has 2 heterocycles. The quantitative estimate of drug-likeness (QED) is 0.525. The summed E-state index contributed by atoms with van der Waals surface area (Å²) in [5.74, 6) is -5.19. The molecule has 25 heavy (non-hydrogen) atoms. The predicted octanol–water partition coefficient (Wildman–Crippen LogP) is 3.92. The van der Waals surface area contributed by atoms with E-state index in [9.17, 15) is 22.4 Å². The van der Waals surface area contributed by atoms with Crippen molar-refractivity contribution in [2.45, 2.75) is 13.5 Å². The van der Waals surface area contributed by atoms with Crippen LogP contribution in [-0.2, 0) is 6.54 Å². The minimum Gasteiger partial charge on any atom is -0.349 e. The second kappa shape index (κ2) is 5.34. The monoisotopic (exact) mass is 348 g/mol. The zero-order valence-electron chi connectivity index (χ0n) is 13.1. The van der Waals surface area contributed by atoms with Crippen molar-refractivity contribution in [1.29, 1.82) is 0 Å². The van der Waals surface area contributed by atoms with E-state index in [2.05, 4.69) is 5.32 Å². The molecule has 0 aliphatic carbocycles. The van der Waals surface area contributed by atoms with Crippen molar-refractivity contribution in [3.8, 4) is 11.1 Å². The van der Waals surface area contributed by atoms with Crippen LogP contribution in [0.3, 0.4) is 0 Å². The van der Waals surface area contributed by atoms with Gasteiger partial charge < -0.3 is 9.88 Å². The van der Waals surface area contributed by atoms with Crippen LogP contribution in [0.5, 0.6) is 0 Å². The third-order valence-electron chi connectivity index (χ3n) is 4.50. The van der Waals surface area contributed by atoms with Gasteiger partial charge >= 0.3 is 0 Å². The summed E-state index contributed by atoms with van der Waals surface area (Å²) in [6.07, 6.45) is 0. The van der Waals surface area contributed by atoms with Gasteiger partial charge in [-0.25, -0.2) is 17.6 Å². The molecule has 128 valence electrons. The van der Waals surface area contributed by atoms with E-state index in [-0.39, 0.29) is 17.0 Å². The van der Waals surface area contributed by atoms with E-state index in [4.69, 9.17) is 0 Å². The van der Waals surface area contributed by atoms with Gasteiger partial charge in [-0.05, 0) is 42.3 Å². The molecule has 4 rings (SSSR count). The fourth-order valence-electron chi connectivity index (χ4n) is 3.43. The van der Waals surface area contributed by atoms with Crippen LogP contribution in [0.1, 0.15) is 16.1 Å². The number of hydrogen-bond donors (Lipinski definition) is 1. The van der Waals surface area contributed by atoms with Gasteiger partial charge in [-0.2, -0.15) is 0 Å². The van der Waals surface area contributed by atoms with Crippen LogP contribution < -0.4 is 5.32 Å². The summed E-state index contributed by atoms with van der Waals surface area (Å²) in [6, 6.07) is 4.06. The second-order valence-corrected chi connectivity index (χ2v) is 5.98. The van der Waals surface area contributed by atoms with Gasteiger partial charge in [-0.1, -0.05) is 0 Å². The summed E-state index contributed by atoms with van der Waals surface area (Å²) >= 11 is 0. The van der Waals surface area contributed by atoms with Crippen molar-refractivity contribution in [2.24, 2.45) is 0 Å². The molecule has 0 saturated carbocycles. The number of aromatic nitrogens is 1. The van der Waals surface area contributed by atoms with Gasteiger partial charge in [0.1, 0.15) is 11.5 Å². The van der Waals surface area contributed by atoms with Gasteiger partial charge in [0.15, 0.2) is 17.5 Å². The number of amides is 1. The lowest BCUT2D eigenvalue weighted by Gasteiger charge is -2.18. The molecule has 2 aromatic carbocycles. The van der Waals surface area contributed by atoms with Crippen LogP contribution in [0.15, 0.2) is 24.3 Å². The maximum Gasteiger partial charge on any atom is 0.268 e. The Balaban J connectivity index is 2.12. The molecule has 0 saturated heterocycles. The van der Waals surface area contributed by atoms with Crippen LogP contribution in [0, 0.1) is 30.2 Å². The third kappa shape index (κ3) is 2.22. The standard InChI is InChI=1S/C18H12F4N2O/c1-8-11-6-10(19)7-12(9-4-13(20)15(22)14(21)5-9)17(11)24-3-2-23-18(25)16(8)24/h4-7H,2-3H2,1H3,(H,23,25). The maximum atomic E-state index is 14.1. The predicted molar refractivity (Wildman–Crippen MR) is 84.3 cm³/mol. The Kier molecular flexibility index (Phi) is 3.35. The van der Waals surface area contributed by atoms with Crippen LogP contribution in [-0.4, -0.2) is 17.0 Å². The van der Waals surface area contributed by atoms with Crippen molar-refractivity contribution < 1.29 is 22.4 Å². The topological polar surface area (TPSA) is 34.0 Å². The third-order valence-corrected chi connectivity index (χ3v) is 4.50. The first-order chi connectivity index (χ1) is 11.9. The van der Waals surface area contributed by atoms with E-state index in [0.717, 1.165) is 18.2 Å². The molecule has 0 bridgehead atoms. The Bertz CT molecular complexity index is 1030. The number of rotatable bonds is 1. The molecule has 0 unspecified atom stereocenters. The number of nitrogens with one attached hydrogen (secondary N) is 1. The van der Waals surface area contributed by atoms with Crippen molar-refractivity contribution in [3.63, 3.8) is 0 Å². The van der Waals surface area contributed by atoms with Gasteiger partial charge in [-0.15, -0.1) is 0 Å². The SMILES string of the molecule is Cc1c2n(c3c(-c4cc(F)c(F)c(F)c4)cc(F)cc13)CCNC2=O. The number of carbonyl (C=O) groups is 1. The van der Waals surface area contributed by atoms with E-state index in [0.29, 0.717) is 35.2 Å². The van der Waals surface area contributed by atoms with Crippen molar-refractivity contribution in [3.05, 3.63) is 58.8 Å². The van der Waals surface area contributed by atoms with Crippen molar-refractivity contribution in [2.75, 3.05) is 6.54 Å². The fraction of sp³-hybridized carbons (Fsp3) is 0.167. The highest BCUT2D eigenvalue weighted by molar-refractivity contribution is 6.06. The second-order valence-electron chi connectivity index (χ2n) is 5.98. The summed E-state index contributed by atoms with van der Waals surface area (Å²) in [5.41, 5.74) is 1.67. The number of benzene rings is 2. The average Bonchev–Trinajstić information content (AvgIpc) is 2.85. The van der Waals surface area contributed by atoms with Gasteiger partial charge in [0.05, 0.1) is 5.52 Å². The number of nitrogens with zero attached hydrogens (tertiary/aromatic N) is 1. The molecule has 3 nitrogen and oxygen atoms in total. The lowest BCUT2D eigenvalue weighted by molar-refractivity contribution is 0.0928. The van der Waals surface area contributed by atoms with Gasteiger partial charge in [-0.3, -0.25) is 4.79 Å². The Labute approximate surface area is 139 Å². The number of halogens is 4. The summed E-state index contributed by atoms with van der Waals surface area (Å²) in [4.78, 5) is 12.2. The van der Waals surface area contributed by atoms with Crippen LogP contribution >= 0.6 is 0 Å². The molecule has 1 aliphatic heterocycles. The summed E-state index contributed by atoms with van der Waals surface area (Å²) in [5, 5.41) is 3.20. The highest BCUT2D eigenvalue weighted by Gasteiger charge is 2.26. The molecule has 1 amide bonds. The zero-order valence-corrected chi connectivity index (χ0v) is 13.1. The molecule has 3 aromatic rings. The van der Waals surface area contributed by atoms with E-state index >= 15 is 0 Å². The smallest absolute Gasteiger partial charge is 0.268 e. The number of hydrogen-bond acceptors (Lipinski definition) is 1. The highest BCUT2D eigenvalue weighted by Crippen LogP contribution is 2.36. The molecule has 0 radical (unpaired) electrons. The molecular formula is C18H12F4N2O. The fourth-order valence-corrected chi connectivity index (χ4v) is 3.43. The molecule has 1 aliphatic rings. The molecule has 1 N–H and O–H groups in total. The first-order valence-electron chi connectivity index (χ1n) is 7.64. The van der Waals surface area contributed by atoms with Crippen LogP contribution in [0.25, 0.3) is 22.0 Å². The molecule has 0 fully saturated rings. The largest absolute Gasteiger partial charge is 0.349 e. The minimum atomic E-state index is -1.58. The first kappa shape index (κ1) is 15.7. The van der Waals surface area contributed by atoms with Gasteiger partial charge in [0.2, 0.25) is 0 Å². The summed E-state index contributed by atoms with van der Waals surface area (Å²) in [7, 11) is 0. The highest BCUT2D eigenvalue weighted by atomic mass is 19.2. The molecule has 7 heteroatoms. The number of aryl methyl sites for hydroxylation is 1. The maximum absolute atomic E-state index is 14.1. The van der Waals surface area contributed by atoms with E-state index in [1.807, 2.05) is 0 Å². The molecule has 0 spiro atoms. The average molecular weight is 348 g/mol. The number of carbonyl (C=O) groups excluding carboxylic acids is 1. The van der Waals surface area contributed by atoms with Crippen molar-refractivity contribution >= 4 is 16.8 Å². The number of fused-ring (bicyclic) bond motifs is 3. The van der Waals surface area contributed by atoms with Crippen molar-refractivity contribution in [1.82, 2.24) is 9.88 Å². The van der Waals surface area contributed by atoms with E-state index < -0.39 is 23.3 Å². The Morgan fingerprint density at radius 2 is 1.72 bits per heavy atom. The van der Waals surface area contributed by atoms with Gasteiger partial charge in [0, 0.05) is 24.0 Å². The zero-order chi connectivity index (χ0) is 17.9. The molecular weight excluding hydrogens is 336 g/mol. The Hall–Kier alpha value is -2.83. The lowest BCUT2D eigenvalue weighted by Crippen LogP contribution is -2.35. The van der Waals surface area contributed by atoms with E-state index in [1.54, 1.807) is 11.5 Å².